The number of carbonyl (C=O) groups is 2. The van der Waals surface area contributed by atoms with Crippen molar-refractivity contribution in [2.24, 2.45) is 0 Å². The highest BCUT2D eigenvalue weighted by Crippen LogP contribution is 2.39. The van der Waals surface area contributed by atoms with E-state index >= 15 is 0 Å². The van der Waals surface area contributed by atoms with E-state index in [9.17, 15) is 19.7 Å². The molecule has 1 atom stereocenters. The summed E-state index contributed by atoms with van der Waals surface area (Å²) < 4.78 is 9.74. The summed E-state index contributed by atoms with van der Waals surface area (Å²) in [4.78, 5) is 33.2. The molecule has 1 aromatic carbocycles. The van der Waals surface area contributed by atoms with Crippen molar-refractivity contribution in [1.82, 2.24) is 5.32 Å². The van der Waals surface area contributed by atoms with Crippen molar-refractivity contribution in [3.05, 3.63) is 34.4 Å². The van der Waals surface area contributed by atoms with Crippen LogP contribution in [0.25, 0.3) is 0 Å². The average molecular weight is 415 g/mol. The SMILES string of the molecule is O=C(CCCCC1CCSS1)NCCOC(=O)Oc1ccc([N+](=O)[O-])cc1. The first-order valence-electron chi connectivity index (χ1n) is 8.68. The van der Waals surface area contributed by atoms with Gasteiger partial charge < -0.3 is 14.8 Å². The van der Waals surface area contributed by atoms with Crippen LogP contribution in [0, 0.1) is 10.1 Å². The lowest BCUT2D eigenvalue weighted by atomic mass is 10.1. The summed E-state index contributed by atoms with van der Waals surface area (Å²) >= 11 is 0. The molecule has 1 aliphatic rings. The maximum Gasteiger partial charge on any atom is 0.513 e. The molecule has 1 N–H and O–H groups in total. The number of non-ortho nitro benzene ring substituents is 1. The van der Waals surface area contributed by atoms with E-state index in [2.05, 4.69) is 5.32 Å². The molecule has 0 aromatic heterocycles. The van der Waals surface area contributed by atoms with Crippen LogP contribution in [0.4, 0.5) is 10.5 Å². The summed E-state index contributed by atoms with van der Waals surface area (Å²) in [6.45, 7) is 0.205. The Morgan fingerprint density at radius 3 is 2.70 bits per heavy atom. The van der Waals surface area contributed by atoms with Crippen LogP contribution >= 0.6 is 21.6 Å². The molecule has 1 fully saturated rings. The van der Waals surface area contributed by atoms with Gasteiger partial charge >= 0.3 is 6.16 Å². The van der Waals surface area contributed by atoms with Crippen LogP contribution in [0.5, 0.6) is 5.75 Å². The largest absolute Gasteiger partial charge is 0.513 e. The van der Waals surface area contributed by atoms with Crippen molar-refractivity contribution in [3.8, 4) is 5.75 Å². The highest BCUT2D eigenvalue weighted by Gasteiger charge is 2.15. The molecule has 27 heavy (non-hydrogen) atoms. The third-order valence-corrected chi connectivity index (χ3v) is 6.81. The minimum absolute atomic E-state index is 0.00646. The minimum Gasteiger partial charge on any atom is -0.432 e. The zero-order valence-electron chi connectivity index (χ0n) is 14.8. The van der Waals surface area contributed by atoms with Gasteiger partial charge in [-0.3, -0.25) is 14.9 Å². The van der Waals surface area contributed by atoms with E-state index in [1.165, 1.54) is 36.4 Å². The number of hydrogen-bond donors (Lipinski definition) is 1. The van der Waals surface area contributed by atoms with Crippen molar-refractivity contribution in [2.75, 3.05) is 18.9 Å². The fraction of sp³-hybridized carbons (Fsp3) is 0.529. The highest BCUT2D eigenvalue weighted by atomic mass is 33.1. The summed E-state index contributed by atoms with van der Waals surface area (Å²) in [5, 5.41) is 14.0. The van der Waals surface area contributed by atoms with Gasteiger partial charge in [-0.15, -0.1) is 0 Å². The number of nitrogens with one attached hydrogen (secondary N) is 1. The lowest BCUT2D eigenvalue weighted by Gasteiger charge is -2.08. The van der Waals surface area contributed by atoms with E-state index in [1.54, 1.807) is 0 Å². The Hall–Kier alpha value is -1.94. The quantitative estimate of drug-likeness (QED) is 0.153. The summed E-state index contributed by atoms with van der Waals surface area (Å²) in [6, 6.07) is 5.08. The summed E-state index contributed by atoms with van der Waals surface area (Å²) in [5.74, 6) is 1.31. The molecule has 0 spiro atoms. The molecule has 2 rings (SSSR count). The van der Waals surface area contributed by atoms with Crippen LogP contribution in [0.15, 0.2) is 24.3 Å². The molecule has 0 saturated carbocycles. The smallest absolute Gasteiger partial charge is 0.432 e. The second-order valence-electron chi connectivity index (χ2n) is 5.88. The van der Waals surface area contributed by atoms with Gasteiger partial charge in [-0.05, 0) is 31.4 Å². The van der Waals surface area contributed by atoms with Crippen molar-refractivity contribution in [2.45, 2.75) is 37.4 Å². The Labute approximate surface area is 165 Å². The standard InChI is InChI=1S/C17H22N2O6S2/c20-16(4-2-1-3-15-9-12-26-27-15)18-10-11-24-17(21)25-14-7-5-13(6-8-14)19(22)23/h5-8,15H,1-4,9-12H2,(H,18,20). The summed E-state index contributed by atoms with van der Waals surface area (Å²) in [5.41, 5.74) is -0.0979. The third-order valence-electron chi connectivity index (χ3n) is 3.80. The first kappa shape index (κ1) is 21.4. The fourth-order valence-corrected chi connectivity index (χ4v) is 5.42. The van der Waals surface area contributed by atoms with Gasteiger partial charge in [-0.2, -0.15) is 0 Å². The maximum absolute atomic E-state index is 11.7. The van der Waals surface area contributed by atoms with E-state index in [4.69, 9.17) is 9.47 Å². The van der Waals surface area contributed by atoms with Gasteiger partial charge in [0.25, 0.3) is 5.69 Å². The molecular formula is C17H22N2O6S2. The fourth-order valence-electron chi connectivity index (χ4n) is 2.40. The van der Waals surface area contributed by atoms with Gasteiger partial charge in [-0.1, -0.05) is 28.0 Å². The number of rotatable bonds is 10. The normalized spacial score (nSPS) is 15.9. The van der Waals surface area contributed by atoms with Gasteiger partial charge in [0, 0.05) is 29.6 Å². The lowest BCUT2D eigenvalue weighted by Crippen LogP contribution is -2.28. The molecule has 1 amide bonds. The van der Waals surface area contributed by atoms with Gasteiger partial charge in [-0.25, -0.2) is 4.79 Å². The van der Waals surface area contributed by atoms with Crippen LogP contribution < -0.4 is 10.1 Å². The van der Waals surface area contributed by atoms with E-state index in [0.717, 1.165) is 24.5 Å². The Morgan fingerprint density at radius 1 is 1.26 bits per heavy atom. The van der Waals surface area contributed by atoms with Crippen LogP contribution in [0.1, 0.15) is 32.1 Å². The molecule has 0 radical (unpaired) electrons. The first-order valence-corrected chi connectivity index (χ1v) is 11.1. The predicted octanol–water partition coefficient (Wildman–Crippen LogP) is 3.94. The molecule has 1 aromatic rings. The number of carbonyl (C=O) groups excluding carboxylic acids is 2. The molecule has 8 nitrogen and oxygen atoms in total. The highest BCUT2D eigenvalue weighted by molar-refractivity contribution is 8.77. The third kappa shape index (κ3) is 8.53. The van der Waals surface area contributed by atoms with E-state index in [1.807, 2.05) is 21.6 Å². The van der Waals surface area contributed by atoms with Gasteiger partial charge in [0.2, 0.25) is 5.91 Å². The van der Waals surface area contributed by atoms with Crippen molar-refractivity contribution in [3.63, 3.8) is 0 Å². The lowest BCUT2D eigenvalue weighted by molar-refractivity contribution is -0.384. The molecule has 10 heteroatoms. The van der Waals surface area contributed by atoms with Gasteiger partial charge in [0.1, 0.15) is 12.4 Å². The van der Waals surface area contributed by atoms with Crippen LogP contribution in [-0.2, 0) is 9.53 Å². The first-order chi connectivity index (χ1) is 13.0. The van der Waals surface area contributed by atoms with Crippen molar-refractivity contribution in [1.29, 1.82) is 0 Å². The molecule has 1 unspecified atom stereocenters. The Morgan fingerprint density at radius 2 is 2.04 bits per heavy atom. The molecule has 1 saturated heterocycles. The van der Waals surface area contributed by atoms with E-state index < -0.39 is 11.1 Å². The van der Waals surface area contributed by atoms with Gasteiger partial charge in [0.05, 0.1) is 11.5 Å². The molecule has 148 valence electrons. The van der Waals surface area contributed by atoms with Crippen LogP contribution in [0.2, 0.25) is 0 Å². The summed E-state index contributed by atoms with van der Waals surface area (Å²) in [6.07, 6.45) is 3.86. The number of hydrogen-bond acceptors (Lipinski definition) is 8. The monoisotopic (exact) mass is 414 g/mol. The molecule has 0 bridgehead atoms. The number of benzene rings is 1. The number of nitrogens with zero attached hydrogens (tertiary/aromatic N) is 1. The van der Waals surface area contributed by atoms with E-state index in [0.29, 0.717) is 6.42 Å². The second-order valence-corrected chi connectivity index (χ2v) is 8.66. The maximum atomic E-state index is 11.7. The van der Waals surface area contributed by atoms with Crippen molar-refractivity contribution < 1.29 is 24.0 Å². The van der Waals surface area contributed by atoms with E-state index in [-0.39, 0.29) is 30.5 Å². The molecule has 1 heterocycles. The minimum atomic E-state index is -0.926. The van der Waals surface area contributed by atoms with Crippen molar-refractivity contribution >= 4 is 39.3 Å². The summed E-state index contributed by atoms with van der Waals surface area (Å²) in [7, 11) is 3.87. The molecule has 1 aliphatic heterocycles. The Balaban J connectivity index is 1.50. The second kappa shape index (κ2) is 11.7. The predicted molar refractivity (Wildman–Crippen MR) is 105 cm³/mol. The van der Waals surface area contributed by atoms with Crippen LogP contribution in [0.3, 0.4) is 0 Å². The Kier molecular flexibility index (Phi) is 9.26. The number of nitro groups is 1. The molecular weight excluding hydrogens is 392 g/mol. The Bertz CT molecular complexity index is 635. The number of nitro benzene ring substituents is 1. The zero-order valence-corrected chi connectivity index (χ0v) is 16.4. The average Bonchev–Trinajstić information content (AvgIpc) is 3.16. The van der Waals surface area contributed by atoms with Crippen LogP contribution in [-0.4, -0.2) is 41.1 Å². The number of amides is 1. The number of unbranched alkanes of at least 4 members (excludes halogenated alkanes) is 1. The topological polar surface area (TPSA) is 108 Å². The molecule has 0 aliphatic carbocycles. The van der Waals surface area contributed by atoms with Gasteiger partial charge in [0.15, 0.2) is 0 Å². The zero-order chi connectivity index (χ0) is 19.5. The number of ether oxygens (including phenoxy) is 2.